The van der Waals surface area contributed by atoms with Crippen molar-refractivity contribution in [2.45, 2.75) is 49.1 Å². The molecule has 204 valence electrons. The highest BCUT2D eigenvalue weighted by Gasteiger charge is 2.46. The van der Waals surface area contributed by atoms with Crippen molar-refractivity contribution in [2.75, 3.05) is 20.6 Å². The number of nitrogens with two attached hydrogens (primary N) is 1. The lowest BCUT2D eigenvalue weighted by atomic mass is 9.77. The van der Waals surface area contributed by atoms with Gasteiger partial charge < -0.3 is 20.6 Å². The van der Waals surface area contributed by atoms with E-state index in [0.29, 0.717) is 32.1 Å². The molecule has 0 spiro atoms. The average Bonchev–Trinajstić information content (AvgIpc) is 3.11. The van der Waals surface area contributed by atoms with Crippen molar-refractivity contribution in [3.05, 3.63) is 51.7 Å². The average molecular weight is 547 g/mol. The number of sulfonamides is 1. The van der Waals surface area contributed by atoms with E-state index in [-0.39, 0.29) is 29.7 Å². The van der Waals surface area contributed by atoms with E-state index in [1.165, 1.54) is 30.8 Å². The molecule has 38 heavy (non-hydrogen) atoms. The first-order chi connectivity index (χ1) is 17.8. The Morgan fingerprint density at radius 2 is 1.82 bits per heavy atom. The molecule has 2 bridgehead atoms. The van der Waals surface area contributed by atoms with E-state index in [4.69, 9.17) is 5.14 Å². The summed E-state index contributed by atoms with van der Waals surface area (Å²) in [5.41, 5.74) is -1.67. The third-order valence-corrected chi connectivity index (χ3v) is 8.02. The van der Waals surface area contributed by atoms with Gasteiger partial charge in [-0.05, 0) is 55.7 Å². The van der Waals surface area contributed by atoms with Crippen LogP contribution in [0.3, 0.4) is 0 Å². The number of fused-ring (bicyclic) bond motifs is 2. The third kappa shape index (κ3) is 5.27. The molecule has 0 radical (unpaired) electrons. The summed E-state index contributed by atoms with van der Waals surface area (Å²) >= 11 is 0. The van der Waals surface area contributed by atoms with Crippen LogP contribution in [0.5, 0.6) is 5.75 Å². The normalized spacial score (nSPS) is 20.2. The summed E-state index contributed by atoms with van der Waals surface area (Å²) < 4.78 is 24.1. The lowest BCUT2D eigenvalue weighted by molar-refractivity contribution is -0.145. The second-order valence-electron chi connectivity index (χ2n) is 9.92. The highest BCUT2D eigenvalue weighted by molar-refractivity contribution is 7.89. The van der Waals surface area contributed by atoms with Crippen molar-refractivity contribution in [2.24, 2.45) is 11.1 Å². The fraction of sp³-hybridized carbons (Fsp3) is 0.458. The highest BCUT2D eigenvalue weighted by Crippen LogP contribution is 2.42. The second kappa shape index (κ2) is 10.2. The Hall–Kier alpha value is -3.78. The summed E-state index contributed by atoms with van der Waals surface area (Å²) in [6, 6.07) is 5.84. The molecule has 1 saturated carbocycles. The lowest BCUT2D eigenvalue weighted by Crippen LogP contribution is -2.53. The van der Waals surface area contributed by atoms with Crippen LogP contribution in [0.4, 0.5) is 0 Å². The van der Waals surface area contributed by atoms with Gasteiger partial charge in [-0.15, -0.1) is 0 Å². The highest BCUT2D eigenvalue weighted by atomic mass is 32.2. The van der Waals surface area contributed by atoms with Crippen LogP contribution in [-0.2, 0) is 38.1 Å². The standard InChI is InChI=1S/C24H30N6O7S/c1-29(2)22(35)20(33)28-24-10-7-15(8-11-24)13-30-21(34)18(31)17(27-23(24)30)19(32)26-12-9-14-3-5-16(6-4-14)38(25,36)37/h3-6,15,31H,7-13H2,1-2H3,(H,26,32)(H,28,33)(H2,25,36,37). The fourth-order valence-electron chi connectivity index (χ4n) is 4.98. The Labute approximate surface area is 219 Å². The minimum atomic E-state index is -3.82. The van der Waals surface area contributed by atoms with Gasteiger partial charge in [-0.1, -0.05) is 12.1 Å². The maximum Gasteiger partial charge on any atom is 0.311 e. The predicted octanol–water partition coefficient (Wildman–Crippen LogP) is -0.828. The Bertz CT molecular complexity index is 1440. The van der Waals surface area contributed by atoms with E-state index >= 15 is 0 Å². The molecular formula is C24H30N6O7S. The molecule has 5 N–H and O–H groups in total. The molecule has 14 heteroatoms. The number of benzene rings is 1. The molecule has 1 fully saturated rings. The van der Waals surface area contributed by atoms with E-state index in [1.54, 1.807) is 12.1 Å². The Balaban J connectivity index is 1.58. The number of carbonyl (C=O) groups is 3. The molecule has 1 aromatic heterocycles. The van der Waals surface area contributed by atoms with Crippen molar-refractivity contribution in [1.29, 1.82) is 0 Å². The number of rotatable bonds is 6. The number of likely N-dealkylation sites (N-methyl/N-ethyl adjacent to an activating group) is 1. The van der Waals surface area contributed by atoms with Crippen LogP contribution in [0.15, 0.2) is 34.0 Å². The molecule has 3 aliphatic rings. The van der Waals surface area contributed by atoms with Crippen molar-refractivity contribution < 1.29 is 27.9 Å². The van der Waals surface area contributed by atoms with Crippen molar-refractivity contribution in [1.82, 2.24) is 25.1 Å². The molecule has 0 atom stereocenters. The first-order valence-electron chi connectivity index (χ1n) is 12.1. The summed E-state index contributed by atoms with van der Waals surface area (Å²) in [5, 5.41) is 21.1. The zero-order valence-electron chi connectivity index (χ0n) is 21.1. The monoisotopic (exact) mass is 546 g/mol. The van der Waals surface area contributed by atoms with Gasteiger partial charge in [-0.25, -0.2) is 18.5 Å². The van der Waals surface area contributed by atoms with E-state index in [2.05, 4.69) is 15.6 Å². The number of amides is 3. The number of carbonyl (C=O) groups excluding carboxylic acids is 3. The number of hydrogen-bond donors (Lipinski definition) is 4. The van der Waals surface area contributed by atoms with Crippen LogP contribution < -0.4 is 21.3 Å². The maximum absolute atomic E-state index is 13.1. The minimum absolute atomic E-state index is 0.0349. The first-order valence-corrected chi connectivity index (χ1v) is 13.6. The lowest BCUT2D eigenvalue weighted by Gasteiger charge is -2.37. The molecular weight excluding hydrogens is 516 g/mol. The van der Waals surface area contributed by atoms with Crippen LogP contribution in [0.25, 0.3) is 0 Å². The quantitative estimate of drug-likeness (QED) is 0.337. The third-order valence-electron chi connectivity index (χ3n) is 7.09. The van der Waals surface area contributed by atoms with Crippen LogP contribution in [0.2, 0.25) is 0 Å². The minimum Gasteiger partial charge on any atom is -0.501 e. The van der Waals surface area contributed by atoms with Gasteiger partial charge >= 0.3 is 11.8 Å². The molecule has 1 aromatic carbocycles. The van der Waals surface area contributed by atoms with Crippen molar-refractivity contribution in [3.63, 3.8) is 0 Å². The molecule has 3 heterocycles. The molecule has 0 unspecified atom stereocenters. The predicted molar refractivity (Wildman–Crippen MR) is 134 cm³/mol. The van der Waals surface area contributed by atoms with Gasteiger partial charge in [0.05, 0.1) is 10.4 Å². The van der Waals surface area contributed by atoms with E-state index in [1.807, 2.05) is 0 Å². The van der Waals surface area contributed by atoms with Gasteiger partial charge in [-0.2, -0.15) is 0 Å². The molecule has 0 saturated heterocycles. The number of aromatic nitrogens is 2. The summed E-state index contributed by atoms with van der Waals surface area (Å²) in [5.74, 6) is -2.91. The molecule has 3 amide bonds. The Morgan fingerprint density at radius 3 is 2.39 bits per heavy atom. The van der Waals surface area contributed by atoms with Gasteiger partial charge in [0.2, 0.25) is 15.8 Å². The Kier molecular flexibility index (Phi) is 7.30. The van der Waals surface area contributed by atoms with Gasteiger partial charge in [0.15, 0.2) is 5.69 Å². The first kappa shape index (κ1) is 27.3. The molecule has 13 nitrogen and oxygen atoms in total. The zero-order chi connectivity index (χ0) is 27.8. The zero-order valence-corrected chi connectivity index (χ0v) is 21.9. The van der Waals surface area contributed by atoms with Crippen molar-refractivity contribution >= 4 is 27.7 Å². The van der Waals surface area contributed by atoms with Crippen LogP contribution >= 0.6 is 0 Å². The maximum atomic E-state index is 13.1. The Morgan fingerprint density at radius 1 is 1.18 bits per heavy atom. The van der Waals surface area contributed by atoms with E-state index in [9.17, 15) is 32.7 Å². The van der Waals surface area contributed by atoms with Gasteiger partial charge in [0.1, 0.15) is 5.82 Å². The topological polar surface area (TPSA) is 194 Å². The van der Waals surface area contributed by atoms with Crippen LogP contribution in [-0.4, -0.2) is 66.3 Å². The fourth-order valence-corrected chi connectivity index (χ4v) is 5.49. The molecule has 1 aliphatic carbocycles. The van der Waals surface area contributed by atoms with Gasteiger partial charge in [0.25, 0.3) is 11.5 Å². The smallest absolute Gasteiger partial charge is 0.311 e. The molecule has 2 aromatic rings. The van der Waals surface area contributed by atoms with E-state index < -0.39 is 50.3 Å². The van der Waals surface area contributed by atoms with Crippen LogP contribution in [0.1, 0.15) is 47.6 Å². The summed E-state index contributed by atoms with van der Waals surface area (Å²) in [4.78, 5) is 56.6. The largest absolute Gasteiger partial charge is 0.501 e. The van der Waals surface area contributed by atoms with Crippen LogP contribution in [0, 0.1) is 5.92 Å². The molecule has 5 rings (SSSR count). The SMILES string of the molecule is CN(C)C(=O)C(=O)NC12CCC(CC1)Cn1c2nc(C(=O)NCCc2ccc(S(N)(=O)=O)cc2)c(O)c1=O. The van der Waals surface area contributed by atoms with Gasteiger partial charge in [0, 0.05) is 27.2 Å². The number of nitrogens with zero attached hydrogens (tertiary/aromatic N) is 3. The number of hydrogen-bond acceptors (Lipinski definition) is 8. The number of aromatic hydroxyl groups is 1. The second-order valence-corrected chi connectivity index (χ2v) is 11.5. The number of primary sulfonamides is 1. The molecule has 2 aliphatic heterocycles. The summed E-state index contributed by atoms with van der Waals surface area (Å²) in [6.07, 6.45) is 2.53. The summed E-state index contributed by atoms with van der Waals surface area (Å²) in [7, 11) is -0.912. The number of nitrogens with one attached hydrogen (secondary N) is 2. The van der Waals surface area contributed by atoms with Crippen molar-refractivity contribution in [3.8, 4) is 5.75 Å². The summed E-state index contributed by atoms with van der Waals surface area (Å²) in [6.45, 7) is 0.388. The van der Waals surface area contributed by atoms with Gasteiger partial charge in [-0.3, -0.25) is 23.7 Å². The van der Waals surface area contributed by atoms with E-state index in [0.717, 1.165) is 10.5 Å².